The highest BCUT2D eigenvalue weighted by Gasteiger charge is 2.31. The molecule has 144 valence electrons. The van der Waals surface area contributed by atoms with Crippen molar-refractivity contribution >= 4 is 17.5 Å². The monoisotopic (exact) mass is 379 g/mol. The Labute approximate surface area is 154 Å². The zero-order chi connectivity index (χ0) is 19.9. The summed E-state index contributed by atoms with van der Waals surface area (Å²) in [6.07, 6.45) is -4.11. The Morgan fingerprint density at radius 3 is 2.37 bits per heavy atom. The van der Waals surface area contributed by atoms with Crippen molar-refractivity contribution in [2.45, 2.75) is 25.6 Å². The molecule has 0 saturated carbocycles. The topological polar surface area (TPSA) is 84.2 Å². The van der Waals surface area contributed by atoms with E-state index in [-0.39, 0.29) is 36.7 Å². The fourth-order valence-electron chi connectivity index (χ4n) is 2.41. The number of amides is 2. The Kier molecular flexibility index (Phi) is 6.95. The van der Waals surface area contributed by atoms with E-state index in [2.05, 4.69) is 10.6 Å². The third kappa shape index (κ3) is 6.41. The molecule has 0 spiro atoms. The highest BCUT2D eigenvalue weighted by atomic mass is 19.4. The van der Waals surface area contributed by atoms with Crippen LogP contribution in [-0.2, 0) is 17.5 Å². The van der Waals surface area contributed by atoms with Gasteiger partial charge in [0.05, 0.1) is 5.56 Å². The van der Waals surface area contributed by atoms with Gasteiger partial charge < -0.3 is 16.4 Å². The molecule has 0 atom stereocenters. The molecule has 0 aliphatic heterocycles. The molecule has 0 bridgehead atoms. The Hall–Kier alpha value is -2.87. The van der Waals surface area contributed by atoms with Crippen LogP contribution >= 0.6 is 0 Å². The zero-order valence-corrected chi connectivity index (χ0v) is 14.5. The number of hydrogen-bond acceptors (Lipinski definition) is 3. The minimum Gasteiger partial charge on any atom is -0.352 e. The number of nitrogens with two attached hydrogens (primary N) is 1. The molecular formula is C19H20F3N3O2. The molecule has 0 fully saturated rings. The molecule has 0 radical (unpaired) electrons. The first-order valence-corrected chi connectivity index (χ1v) is 8.34. The van der Waals surface area contributed by atoms with Crippen LogP contribution in [0, 0.1) is 0 Å². The van der Waals surface area contributed by atoms with Gasteiger partial charge in [0.25, 0.3) is 5.91 Å². The molecular weight excluding hydrogens is 359 g/mol. The first-order chi connectivity index (χ1) is 12.8. The third-order valence-electron chi connectivity index (χ3n) is 3.74. The van der Waals surface area contributed by atoms with E-state index < -0.39 is 17.6 Å². The molecule has 0 heterocycles. The predicted octanol–water partition coefficient (Wildman–Crippen LogP) is 3.31. The summed E-state index contributed by atoms with van der Waals surface area (Å²) in [6, 6.07) is 11.9. The molecule has 0 aromatic heterocycles. The van der Waals surface area contributed by atoms with Crippen LogP contribution in [0.3, 0.4) is 0 Å². The van der Waals surface area contributed by atoms with Gasteiger partial charge in [-0.05, 0) is 42.3 Å². The quantitative estimate of drug-likeness (QED) is 0.646. The van der Waals surface area contributed by atoms with Gasteiger partial charge in [-0.25, -0.2) is 0 Å². The van der Waals surface area contributed by atoms with E-state index in [0.717, 1.165) is 12.1 Å². The minimum atomic E-state index is -4.52. The standard InChI is InChI=1S/C19H20F3N3O2/c20-19(21,22)15-9-13(12-23)10-16(11-15)25-17(26)7-4-8-24-18(27)14-5-2-1-3-6-14/h1-3,5-6,9-11H,4,7-8,12,23H2,(H,24,27)(H,25,26). The van der Waals surface area contributed by atoms with Gasteiger partial charge in [-0.3, -0.25) is 9.59 Å². The molecule has 0 aliphatic rings. The van der Waals surface area contributed by atoms with Crippen LogP contribution in [0.1, 0.15) is 34.3 Å². The maximum Gasteiger partial charge on any atom is 0.416 e. The van der Waals surface area contributed by atoms with Crippen LogP contribution in [0.5, 0.6) is 0 Å². The van der Waals surface area contributed by atoms with Crippen molar-refractivity contribution in [2.24, 2.45) is 5.73 Å². The van der Waals surface area contributed by atoms with E-state index in [0.29, 0.717) is 12.0 Å². The second kappa shape index (κ2) is 9.18. The number of carbonyl (C=O) groups excluding carboxylic acids is 2. The van der Waals surface area contributed by atoms with Gasteiger partial charge in [-0.15, -0.1) is 0 Å². The molecule has 5 nitrogen and oxygen atoms in total. The molecule has 2 aromatic carbocycles. The molecule has 2 aromatic rings. The molecule has 2 rings (SSSR count). The van der Waals surface area contributed by atoms with Crippen molar-refractivity contribution in [2.75, 3.05) is 11.9 Å². The van der Waals surface area contributed by atoms with Crippen LogP contribution in [-0.4, -0.2) is 18.4 Å². The smallest absolute Gasteiger partial charge is 0.352 e. The summed E-state index contributed by atoms with van der Waals surface area (Å²) in [5.74, 6) is -0.687. The van der Waals surface area contributed by atoms with Gasteiger partial charge in [0, 0.05) is 30.8 Å². The van der Waals surface area contributed by atoms with E-state index in [9.17, 15) is 22.8 Å². The molecule has 2 amide bonds. The van der Waals surface area contributed by atoms with E-state index in [1.807, 2.05) is 0 Å². The predicted molar refractivity (Wildman–Crippen MR) is 96.0 cm³/mol. The van der Waals surface area contributed by atoms with Crippen molar-refractivity contribution in [3.05, 3.63) is 65.2 Å². The fourth-order valence-corrected chi connectivity index (χ4v) is 2.41. The largest absolute Gasteiger partial charge is 0.416 e. The highest BCUT2D eigenvalue weighted by molar-refractivity contribution is 5.94. The number of benzene rings is 2. The second-order valence-corrected chi connectivity index (χ2v) is 5.89. The average Bonchev–Trinajstić information content (AvgIpc) is 2.64. The van der Waals surface area contributed by atoms with Crippen molar-refractivity contribution in [1.82, 2.24) is 5.32 Å². The van der Waals surface area contributed by atoms with Gasteiger partial charge in [-0.2, -0.15) is 13.2 Å². The van der Waals surface area contributed by atoms with Gasteiger partial charge in [-0.1, -0.05) is 18.2 Å². The molecule has 0 unspecified atom stereocenters. The number of anilines is 1. The van der Waals surface area contributed by atoms with Crippen molar-refractivity contribution in [3.63, 3.8) is 0 Å². The van der Waals surface area contributed by atoms with Crippen molar-refractivity contribution < 1.29 is 22.8 Å². The molecule has 27 heavy (non-hydrogen) atoms. The van der Waals surface area contributed by atoms with E-state index >= 15 is 0 Å². The summed E-state index contributed by atoms with van der Waals surface area (Å²) in [6.45, 7) is 0.204. The zero-order valence-electron chi connectivity index (χ0n) is 14.5. The maximum atomic E-state index is 12.9. The van der Waals surface area contributed by atoms with Crippen LogP contribution < -0.4 is 16.4 Å². The average molecular weight is 379 g/mol. The van der Waals surface area contributed by atoms with Gasteiger partial charge in [0.1, 0.15) is 0 Å². The van der Waals surface area contributed by atoms with Crippen molar-refractivity contribution in [3.8, 4) is 0 Å². The Balaban J connectivity index is 1.84. The normalized spacial score (nSPS) is 11.1. The highest BCUT2D eigenvalue weighted by Crippen LogP contribution is 2.32. The summed E-state index contributed by atoms with van der Waals surface area (Å²) in [7, 11) is 0. The number of nitrogens with one attached hydrogen (secondary N) is 2. The molecule has 0 saturated heterocycles. The Morgan fingerprint density at radius 2 is 1.74 bits per heavy atom. The maximum absolute atomic E-state index is 12.9. The van der Waals surface area contributed by atoms with Gasteiger partial charge in [0.2, 0.25) is 5.91 Å². The first-order valence-electron chi connectivity index (χ1n) is 8.34. The van der Waals surface area contributed by atoms with Crippen LogP contribution in [0.2, 0.25) is 0 Å². The number of hydrogen-bond donors (Lipinski definition) is 3. The summed E-state index contributed by atoms with van der Waals surface area (Å²) >= 11 is 0. The lowest BCUT2D eigenvalue weighted by atomic mass is 10.1. The van der Waals surface area contributed by atoms with E-state index in [4.69, 9.17) is 5.73 Å². The summed E-state index contributed by atoms with van der Waals surface area (Å²) in [5.41, 5.74) is 5.38. The lowest BCUT2D eigenvalue weighted by Crippen LogP contribution is -2.25. The summed E-state index contributed by atoms with van der Waals surface area (Å²) in [5, 5.41) is 5.12. The number of halogens is 3. The lowest BCUT2D eigenvalue weighted by molar-refractivity contribution is -0.137. The van der Waals surface area contributed by atoms with Gasteiger partial charge in [0.15, 0.2) is 0 Å². The third-order valence-corrected chi connectivity index (χ3v) is 3.74. The molecule has 4 N–H and O–H groups in total. The summed E-state index contributed by atoms with van der Waals surface area (Å²) < 4.78 is 38.7. The summed E-state index contributed by atoms with van der Waals surface area (Å²) in [4.78, 5) is 23.8. The molecule has 0 aliphatic carbocycles. The van der Waals surface area contributed by atoms with Crippen LogP contribution in [0.4, 0.5) is 18.9 Å². The van der Waals surface area contributed by atoms with E-state index in [1.165, 1.54) is 6.07 Å². The second-order valence-electron chi connectivity index (χ2n) is 5.89. The number of alkyl halides is 3. The van der Waals surface area contributed by atoms with Crippen LogP contribution in [0.15, 0.2) is 48.5 Å². The SMILES string of the molecule is NCc1cc(NC(=O)CCCNC(=O)c2ccccc2)cc(C(F)(F)F)c1. The lowest BCUT2D eigenvalue weighted by Gasteiger charge is -2.12. The Morgan fingerprint density at radius 1 is 1.04 bits per heavy atom. The van der Waals surface area contributed by atoms with Crippen molar-refractivity contribution in [1.29, 1.82) is 0 Å². The fraction of sp³-hybridized carbons (Fsp3) is 0.263. The van der Waals surface area contributed by atoms with Crippen LogP contribution in [0.25, 0.3) is 0 Å². The molecule has 8 heteroatoms. The first kappa shape index (κ1) is 20.4. The number of rotatable bonds is 7. The number of carbonyl (C=O) groups is 2. The minimum absolute atomic E-state index is 0.0450. The van der Waals surface area contributed by atoms with E-state index in [1.54, 1.807) is 30.3 Å². The van der Waals surface area contributed by atoms with Gasteiger partial charge >= 0.3 is 6.18 Å². The Bertz CT molecular complexity index is 793.